The van der Waals surface area contributed by atoms with Crippen molar-refractivity contribution in [2.75, 3.05) is 0 Å². The second-order valence-electron chi connectivity index (χ2n) is 6.08. The molecule has 0 saturated carbocycles. The number of aromatic nitrogens is 1. The first-order valence-electron chi connectivity index (χ1n) is 8.78. The molecule has 0 spiro atoms. The fraction of sp³-hybridized carbons (Fsp3) is 0.150. The van der Waals surface area contributed by atoms with Crippen LogP contribution in [0.4, 0.5) is 0 Å². The minimum Gasteiger partial charge on any atom is -0.441 e. The first-order valence-corrected chi connectivity index (χ1v) is 9.94. The van der Waals surface area contributed by atoms with Gasteiger partial charge in [0.25, 0.3) is 0 Å². The average Bonchev–Trinajstić information content (AvgIpc) is 3.18. The molecule has 0 unspecified atom stereocenters. The van der Waals surface area contributed by atoms with Crippen molar-refractivity contribution in [3.05, 3.63) is 76.2 Å². The van der Waals surface area contributed by atoms with Crippen molar-refractivity contribution in [3.63, 3.8) is 0 Å². The Morgan fingerprint density at radius 1 is 1.10 bits per heavy atom. The smallest absolute Gasteiger partial charge is 0.238 e. The number of thiocarbonyl (C=S) groups is 1. The van der Waals surface area contributed by atoms with Gasteiger partial charge in [-0.05, 0) is 36.0 Å². The lowest BCUT2D eigenvalue weighted by molar-refractivity contribution is -0.121. The van der Waals surface area contributed by atoms with E-state index in [9.17, 15) is 4.79 Å². The number of aryl methyl sites for hydroxylation is 1. The molecule has 29 heavy (non-hydrogen) atoms. The fourth-order valence-corrected chi connectivity index (χ4v) is 3.10. The molecule has 0 aliphatic carbocycles. The Labute approximate surface area is 183 Å². The van der Waals surface area contributed by atoms with Crippen LogP contribution in [-0.4, -0.2) is 16.0 Å². The molecule has 9 heteroatoms. The Morgan fingerprint density at radius 3 is 2.66 bits per heavy atom. The lowest BCUT2D eigenvalue weighted by Crippen LogP contribution is -2.46. The number of halogens is 2. The standard InChI is InChI=1S/C20H18Cl2N4O2S/c21-14-6-7-15(16(22)10-14)17-12-23-19(28-17)9-8-18(27)25-26-20(29)24-11-13-4-2-1-3-5-13/h1-7,10,12H,8-9,11H2,(H,25,27)(H2,24,26,29). The number of hydrogen-bond donors (Lipinski definition) is 3. The van der Waals surface area contributed by atoms with Gasteiger partial charge in [0.15, 0.2) is 16.8 Å². The van der Waals surface area contributed by atoms with E-state index in [0.29, 0.717) is 45.3 Å². The molecule has 2 aromatic carbocycles. The topological polar surface area (TPSA) is 79.2 Å². The zero-order valence-corrected chi connectivity index (χ0v) is 17.6. The van der Waals surface area contributed by atoms with Gasteiger partial charge < -0.3 is 9.73 Å². The predicted octanol–water partition coefficient (Wildman–Crippen LogP) is 4.28. The van der Waals surface area contributed by atoms with Crippen LogP contribution >= 0.6 is 35.4 Å². The second kappa shape index (κ2) is 10.2. The van der Waals surface area contributed by atoms with Gasteiger partial charge in [-0.1, -0.05) is 53.5 Å². The summed E-state index contributed by atoms with van der Waals surface area (Å²) in [6.45, 7) is 0.564. The van der Waals surface area contributed by atoms with Gasteiger partial charge in [-0.3, -0.25) is 15.6 Å². The number of hydrazine groups is 1. The molecule has 1 aromatic heterocycles. The van der Waals surface area contributed by atoms with Crippen LogP contribution in [0.25, 0.3) is 11.3 Å². The highest BCUT2D eigenvalue weighted by Gasteiger charge is 2.12. The number of nitrogens with zero attached hydrogens (tertiary/aromatic N) is 1. The summed E-state index contributed by atoms with van der Waals surface area (Å²) in [5, 5.41) is 4.35. The summed E-state index contributed by atoms with van der Waals surface area (Å²) in [5.74, 6) is 0.718. The summed E-state index contributed by atoms with van der Waals surface area (Å²) in [6, 6.07) is 14.9. The number of hydrogen-bond acceptors (Lipinski definition) is 4. The molecule has 0 bridgehead atoms. The maximum Gasteiger partial charge on any atom is 0.238 e. The molecule has 3 N–H and O–H groups in total. The largest absolute Gasteiger partial charge is 0.441 e. The van der Waals surface area contributed by atoms with Gasteiger partial charge in [0.2, 0.25) is 5.91 Å². The number of carbonyl (C=O) groups is 1. The Hall–Kier alpha value is -2.61. The van der Waals surface area contributed by atoms with Crippen molar-refractivity contribution >= 4 is 46.4 Å². The van der Waals surface area contributed by atoms with E-state index in [4.69, 9.17) is 39.8 Å². The molecule has 6 nitrogen and oxygen atoms in total. The summed E-state index contributed by atoms with van der Waals surface area (Å²) in [5.41, 5.74) is 6.99. The molecule has 0 aliphatic heterocycles. The fourth-order valence-electron chi connectivity index (χ4n) is 2.47. The molecule has 3 aromatic rings. The van der Waals surface area contributed by atoms with Gasteiger partial charge in [0, 0.05) is 30.0 Å². The maximum absolute atomic E-state index is 12.0. The number of carbonyl (C=O) groups excluding carboxylic acids is 1. The second-order valence-corrected chi connectivity index (χ2v) is 7.34. The minimum absolute atomic E-state index is 0.183. The normalized spacial score (nSPS) is 10.4. The molecule has 0 fully saturated rings. The summed E-state index contributed by atoms with van der Waals surface area (Å²) in [7, 11) is 0. The van der Waals surface area contributed by atoms with E-state index >= 15 is 0 Å². The number of amides is 1. The summed E-state index contributed by atoms with van der Waals surface area (Å²) in [6.07, 6.45) is 2.09. The highest BCUT2D eigenvalue weighted by Crippen LogP contribution is 2.30. The first kappa shape index (κ1) is 21.1. The van der Waals surface area contributed by atoms with Crippen molar-refractivity contribution in [1.29, 1.82) is 0 Å². The van der Waals surface area contributed by atoms with Crippen molar-refractivity contribution in [2.24, 2.45) is 0 Å². The van der Waals surface area contributed by atoms with Crippen LogP contribution in [0.15, 0.2) is 59.1 Å². The van der Waals surface area contributed by atoms with Crippen molar-refractivity contribution in [1.82, 2.24) is 21.2 Å². The molecule has 0 saturated heterocycles. The van der Waals surface area contributed by atoms with Crippen molar-refractivity contribution in [3.8, 4) is 11.3 Å². The van der Waals surface area contributed by atoms with Gasteiger partial charge in [0.1, 0.15) is 0 Å². The molecule has 1 heterocycles. The van der Waals surface area contributed by atoms with Gasteiger partial charge in [-0.15, -0.1) is 0 Å². The Morgan fingerprint density at radius 2 is 1.90 bits per heavy atom. The van der Waals surface area contributed by atoms with E-state index in [1.54, 1.807) is 24.4 Å². The maximum atomic E-state index is 12.0. The molecule has 150 valence electrons. The van der Waals surface area contributed by atoms with E-state index in [1.807, 2.05) is 30.3 Å². The van der Waals surface area contributed by atoms with Crippen molar-refractivity contribution < 1.29 is 9.21 Å². The van der Waals surface area contributed by atoms with Crippen LogP contribution in [0.2, 0.25) is 10.0 Å². The Balaban J connectivity index is 1.41. The van der Waals surface area contributed by atoms with E-state index < -0.39 is 0 Å². The molecule has 0 atom stereocenters. The molecule has 3 rings (SSSR count). The third-order valence-corrected chi connectivity index (χ3v) is 4.72. The Bertz CT molecular complexity index is 995. The van der Waals surface area contributed by atoms with Crippen molar-refractivity contribution in [2.45, 2.75) is 19.4 Å². The number of oxazole rings is 1. The summed E-state index contributed by atoms with van der Waals surface area (Å²) in [4.78, 5) is 16.2. The zero-order valence-electron chi connectivity index (χ0n) is 15.2. The molecule has 1 amide bonds. The van der Waals surface area contributed by atoms with Crippen LogP contribution in [-0.2, 0) is 17.8 Å². The third kappa shape index (κ3) is 6.45. The zero-order chi connectivity index (χ0) is 20.6. The molecule has 0 radical (unpaired) electrons. The summed E-state index contributed by atoms with van der Waals surface area (Å²) >= 11 is 17.2. The van der Waals surface area contributed by atoms with E-state index in [2.05, 4.69) is 21.2 Å². The minimum atomic E-state index is -0.238. The summed E-state index contributed by atoms with van der Waals surface area (Å²) < 4.78 is 5.68. The lowest BCUT2D eigenvalue weighted by atomic mass is 10.2. The molecule has 0 aliphatic rings. The Kier molecular flexibility index (Phi) is 7.46. The number of rotatable bonds is 6. The van der Waals surface area contributed by atoms with E-state index in [1.165, 1.54) is 0 Å². The van der Waals surface area contributed by atoms with Gasteiger partial charge in [-0.25, -0.2) is 4.98 Å². The monoisotopic (exact) mass is 448 g/mol. The SMILES string of the molecule is O=C(CCc1ncc(-c2ccc(Cl)cc2Cl)o1)NNC(=S)NCc1ccccc1. The highest BCUT2D eigenvalue weighted by atomic mass is 35.5. The quantitative estimate of drug-likeness (QED) is 0.385. The van der Waals surface area contributed by atoms with Crippen LogP contribution in [0, 0.1) is 0 Å². The van der Waals surface area contributed by atoms with Gasteiger partial charge in [0.05, 0.1) is 11.2 Å². The van der Waals surface area contributed by atoms with Crippen LogP contribution in [0.1, 0.15) is 17.9 Å². The predicted molar refractivity (Wildman–Crippen MR) is 117 cm³/mol. The number of nitrogens with one attached hydrogen (secondary N) is 3. The first-order chi connectivity index (χ1) is 14.0. The van der Waals surface area contributed by atoms with E-state index in [-0.39, 0.29) is 12.3 Å². The third-order valence-electron chi connectivity index (χ3n) is 3.93. The lowest BCUT2D eigenvalue weighted by Gasteiger charge is -2.11. The molecular formula is C20H18Cl2N4O2S. The average molecular weight is 449 g/mol. The van der Waals surface area contributed by atoms with Crippen LogP contribution in [0.5, 0.6) is 0 Å². The molecular weight excluding hydrogens is 431 g/mol. The van der Waals surface area contributed by atoms with Gasteiger partial charge >= 0.3 is 0 Å². The van der Waals surface area contributed by atoms with Crippen LogP contribution < -0.4 is 16.2 Å². The highest BCUT2D eigenvalue weighted by molar-refractivity contribution is 7.80. The number of benzene rings is 2. The van der Waals surface area contributed by atoms with E-state index in [0.717, 1.165) is 5.56 Å². The van der Waals surface area contributed by atoms with Gasteiger partial charge in [-0.2, -0.15) is 0 Å². The van der Waals surface area contributed by atoms with Crippen LogP contribution in [0.3, 0.4) is 0 Å².